The second kappa shape index (κ2) is 7.76. The summed E-state index contributed by atoms with van der Waals surface area (Å²) < 4.78 is 0. The fourth-order valence-corrected chi connectivity index (χ4v) is 5.84. The molecular weight excluding hydrogens is 323 g/mol. The molecule has 0 radical (unpaired) electrons. The highest BCUT2D eigenvalue weighted by Crippen LogP contribution is 2.42. The summed E-state index contributed by atoms with van der Waals surface area (Å²) in [5.74, 6) is 0.220. The van der Waals surface area contributed by atoms with Crippen molar-refractivity contribution in [3.05, 3.63) is 96.6 Å². The molecule has 0 saturated heterocycles. The standard InChI is InChI=1S/C23H23OP/c1-19(24)23(2,20-12-6-3-7-13-20)18-25(21-14-8-4-9-15-21)22-16-10-5-11-17-22/h3-17H,18H2,1-2H3. The lowest BCUT2D eigenvalue weighted by atomic mass is 9.81. The summed E-state index contributed by atoms with van der Waals surface area (Å²) in [5, 5.41) is 2.62. The Bertz CT molecular complexity index is 775. The molecule has 2 heteroatoms. The molecule has 1 atom stereocenters. The molecule has 3 rings (SSSR count). The van der Waals surface area contributed by atoms with Crippen LogP contribution in [0, 0.1) is 0 Å². The summed E-state index contributed by atoms with van der Waals surface area (Å²) in [6.45, 7) is 3.81. The van der Waals surface area contributed by atoms with Gasteiger partial charge in [0.1, 0.15) is 5.78 Å². The van der Waals surface area contributed by atoms with Crippen LogP contribution in [0.4, 0.5) is 0 Å². The smallest absolute Gasteiger partial charge is 0.140 e. The van der Waals surface area contributed by atoms with Crippen molar-refractivity contribution in [1.29, 1.82) is 0 Å². The quantitative estimate of drug-likeness (QED) is 0.593. The largest absolute Gasteiger partial charge is 0.299 e. The summed E-state index contributed by atoms with van der Waals surface area (Å²) in [7, 11) is -0.616. The Balaban J connectivity index is 2.06. The molecule has 0 heterocycles. The monoisotopic (exact) mass is 346 g/mol. The van der Waals surface area contributed by atoms with Crippen LogP contribution in [0.2, 0.25) is 0 Å². The maximum atomic E-state index is 12.7. The van der Waals surface area contributed by atoms with Crippen molar-refractivity contribution >= 4 is 24.3 Å². The third-order valence-electron chi connectivity index (χ3n) is 4.80. The van der Waals surface area contributed by atoms with Crippen LogP contribution in [0.25, 0.3) is 0 Å². The van der Waals surface area contributed by atoms with E-state index in [0.717, 1.165) is 11.7 Å². The Kier molecular flexibility index (Phi) is 5.46. The summed E-state index contributed by atoms with van der Waals surface area (Å²) in [4.78, 5) is 12.7. The predicted octanol–water partition coefficient (Wildman–Crippen LogP) is 4.67. The SMILES string of the molecule is CC(=O)C(C)(CP(c1ccccc1)c1ccccc1)c1ccccc1. The van der Waals surface area contributed by atoms with E-state index in [1.165, 1.54) is 10.6 Å². The van der Waals surface area contributed by atoms with Gasteiger partial charge in [-0.3, -0.25) is 4.79 Å². The van der Waals surface area contributed by atoms with Gasteiger partial charge < -0.3 is 0 Å². The Labute approximate surface area is 151 Å². The van der Waals surface area contributed by atoms with Gasteiger partial charge in [0.25, 0.3) is 0 Å². The number of carbonyl (C=O) groups excluding carboxylic acids is 1. The lowest BCUT2D eigenvalue weighted by molar-refractivity contribution is -0.121. The van der Waals surface area contributed by atoms with Crippen molar-refractivity contribution in [2.75, 3.05) is 6.16 Å². The molecule has 0 spiro atoms. The number of hydrogen-bond donors (Lipinski definition) is 0. The van der Waals surface area contributed by atoms with E-state index in [1.807, 2.05) is 30.3 Å². The second-order valence-corrected chi connectivity index (χ2v) is 8.72. The highest BCUT2D eigenvalue weighted by molar-refractivity contribution is 7.73. The molecule has 0 aliphatic heterocycles. The third-order valence-corrected chi connectivity index (χ3v) is 7.59. The van der Waals surface area contributed by atoms with Gasteiger partial charge in [0, 0.05) is 0 Å². The Hall–Kier alpha value is -2.24. The molecule has 3 aromatic carbocycles. The first-order chi connectivity index (χ1) is 12.1. The minimum atomic E-state index is -0.616. The first-order valence-electron chi connectivity index (χ1n) is 8.55. The Morgan fingerprint density at radius 3 is 1.56 bits per heavy atom. The molecule has 0 fully saturated rings. The number of benzene rings is 3. The maximum absolute atomic E-state index is 12.7. The lowest BCUT2D eigenvalue weighted by Gasteiger charge is -2.32. The van der Waals surface area contributed by atoms with E-state index in [4.69, 9.17) is 0 Å². The molecule has 25 heavy (non-hydrogen) atoms. The van der Waals surface area contributed by atoms with Crippen LogP contribution in [0.5, 0.6) is 0 Å². The van der Waals surface area contributed by atoms with E-state index in [2.05, 4.69) is 67.6 Å². The maximum Gasteiger partial charge on any atom is 0.140 e. The zero-order valence-corrected chi connectivity index (χ0v) is 15.6. The van der Waals surface area contributed by atoms with Gasteiger partial charge in [-0.15, -0.1) is 0 Å². The van der Waals surface area contributed by atoms with E-state index >= 15 is 0 Å². The molecule has 0 amide bonds. The van der Waals surface area contributed by atoms with Gasteiger partial charge in [-0.1, -0.05) is 91.0 Å². The van der Waals surface area contributed by atoms with Crippen molar-refractivity contribution in [1.82, 2.24) is 0 Å². The molecule has 1 nitrogen and oxygen atoms in total. The molecule has 0 aliphatic carbocycles. The first kappa shape index (κ1) is 17.6. The molecule has 126 valence electrons. The van der Waals surface area contributed by atoms with Crippen LogP contribution in [0.3, 0.4) is 0 Å². The van der Waals surface area contributed by atoms with E-state index in [1.54, 1.807) is 6.92 Å². The number of rotatable bonds is 6. The normalized spacial score (nSPS) is 13.4. The van der Waals surface area contributed by atoms with Gasteiger partial charge in [0.15, 0.2) is 0 Å². The average molecular weight is 346 g/mol. The molecule has 0 aromatic heterocycles. The van der Waals surface area contributed by atoms with Crippen LogP contribution in [0.15, 0.2) is 91.0 Å². The van der Waals surface area contributed by atoms with Gasteiger partial charge in [-0.05, 0) is 44.1 Å². The topological polar surface area (TPSA) is 17.1 Å². The van der Waals surface area contributed by atoms with Gasteiger partial charge in [-0.25, -0.2) is 0 Å². The molecule has 1 unspecified atom stereocenters. The van der Waals surface area contributed by atoms with Crippen LogP contribution in [-0.2, 0) is 10.2 Å². The summed E-state index contributed by atoms with van der Waals surface area (Å²) >= 11 is 0. The summed E-state index contributed by atoms with van der Waals surface area (Å²) in [6.07, 6.45) is 0.815. The van der Waals surface area contributed by atoms with E-state index in [0.29, 0.717) is 0 Å². The van der Waals surface area contributed by atoms with E-state index in [9.17, 15) is 4.79 Å². The van der Waals surface area contributed by atoms with Crippen LogP contribution >= 0.6 is 7.92 Å². The molecule has 3 aromatic rings. The van der Waals surface area contributed by atoms with Gasteiger partial charge >= 0.3 is 0 Å². The predicted molar refractivity (Wildman–Crippen MR) is 108 cm³/mol. The second-order valence-electron chi connectivity index (χ2n) is 6.51. The Morgan fingerprint density at radius 2 is 1.16 bits per heavy atom. The van der Waals surface area contributed by atoms with Crippen molar-refractivity contribution < 1.29 is 4.79 Å². The van der Waals surface area contributed by atoms with Crippen molar-refractivity contribution in [2.24, 2.45) is 0 Å². The summed E-state index contributed by atoms with van der Waals surface area (Å²) in [5.41, 5.74) is 0.611. The number of carbonyl (C=O) groups is 1. The molecule has 0 bridgehead atoms. The minimum absolute atomic E-state index is 0.220. The first-order valence-corrected chi connectivity index (χ1v) is 10.1. The molecule has 0 aliphatic rings. The number of hydrogen-bond acceptors (Lipinski definition) is 1. The number of ketones is 1. The zero-order valence-electron chi connectivity index (χ0n) is 14.7. The minimum Gasteiger partial charge on any atom is -0.299 e. The fraction of sp³-hybridized carbons (Fsp3) is 0.174. The lowest BCUT2D eigenvalue weighted by Crippen LogP contribution is -2.36. The van der Waals surface area contributed by atoms with Crippen LogP contribution < -0.4 is 10.6 Å². The van der Waals surface area contributed by atoms with Crippen LogP contribution in [-0.4, -0.2) is 11.9 Å². The van der Waals surface area contributed by atoms with Gasteiger partial charge in [0.2, 0.25) is 0 Å². The van der Waals surface area contributed by atoms with E-state index < -0.39 is 13.3 Å². The van der Waals surface area contributed by atoms with Gasteiger partial charge in [-0.2, -0.15) is 0 Å². The highest BCUT2D eigenvalue weighted by atomic mass is 31.1. The third kappa shape index (κ3) is 3.89. The van der Waals surface area contributed by atoms with Crippen molar-refractivity contribution in [3.63, 3.8) is 0 Å². The number of Topliss-reactive ketones (excluding diaryl/α,β-unsaturated/α-hetero) is 1. The summed E-state index contributed by atoms with van der Waals surface area (Å²) in [6, 6.07) is 31.4. The zero-order chi connectivity index (χ0) is 17.7. The average Bonchev–Trinajstić information content (AvgIpc) is 2.68. The van der Waals surface area contributed by atoms with Crippen LogP contribution in [0.1, 0.15) is 19.4 Å². The van der Waals surface area contributed by atoms with Gasteiger partial charge in [0.05, 0.1) is 5.41 Å². The fourth-order valence-electron chi connectivity index (χ4n) is 3.08. The molecular formula is C23H23OP. The van der Waals surface area contributed by atoms with Crippen molar-refractivity contribution in [2.45, 2.75) is 19.3 Å². The Morgan fingerprint density at radius 1 is 0.760 bits per heavy atom. The van der Waals surface area contributed by atoms with Crippen molar-refractivity contribution in [3.8, 4) is 0 Å². The molecule has 0 saturated carbocycles. The van der Waals surface area contributed by atoms with E-state index in [-0.39, 0.29) is 5.78 Å². The highest BCUT2D eigenvalue weighted by Gasteiger charge is 2.35. The molecule has 0 N–H and O–H groups in total.